The highest BCUT2D eigenvalue weighted by molar-refractivity contribution is 5.63. The van der Waals surface area contributed by atoms with E-state index in [0.29, 0.717) is 0 Å². The molecule has 4 rings (SSSR count). The zero-order valence-corrected chi connectivity index (χ0v) is 15.5. The van der Waals surface area contributed by atoms with Crippen LogP contribution in [0, 0.1) is 10.1 Å². The van der Waals surface area contributed by atoms with Gasteiger partial charge in [-0.2, -0.15) is 0 Å². The number of hydrogen-bond acceptors (Lipinski definition) is 5. The van der Waals surface area contributed by atoms with Crippen LogP contribution in [0.1, 0.15) is 0 Å². The monoisotopic (exact) mass is 374 g/mol. The molecule has 0 amide bonds. The lowest BCUT2D eigenvalue weighted by Crippen LogP contribution is -2.46. The molecule has 1 fully saturated rings. The molecule has 0 aliphatic carbocycles. The van der Waals surface area contributed by atoms with Crippen molar-refractivity contribution in [2.24, 2.45) is 0 Å². The van der Waals surface area contributed by atoms with Crippen molar-refractivity contribution in [2.75, 3.05) is 41.3 Å². The van der Waals surface area contributed by atoms with Gasteiger partial charge in [-0.3, -0.25) is 10.1 Å². The van der Waals surface area contributed by atoms with E-state index >= 15 is 0 Å². The fraction of sp³-hybridized carbons (Fsp3) is 0.182. The largest absolute Gasteiger partial charge is 0.368 e. The molecule has 28 heavy (non-hydrogen) atoms. The van der Waals surface area contributed by atoms with E-state index in [4.69, 9.17) is 0 Å². The third-order valence-electron chi connectivity index (χ3n) is 5.00. The van der Waals surface area contributed by atoms with E-state index in [9.17, 15) is 10.1 Å². The van der Waals surface area contributed by atoms with Crippen molar-refractivity contribution < 1.29 is 4.92 Å². The normalized spacial score (nSPS) is 14.0. The lowest BCUT2D eigenvalue weighted by Gasteiger charge is -2.37. The summed E-state index contributed by atoms with van der Waals surface area (Å²) in [6, 6.07) is 25.4. The van der Waals surface area contributed by atoms with E-state index in [2.05, 4.69) is 39.4 Å². The van der Waals surface area contributed by atoms with Gasteiger partial charge in [0.2, 0.25) is 0 Å². The molecule has 1 aliphatic heterocycles. The van der Waals surface area contributed by atoms with E-state index in [1.807, 2.05) is 42.5 Å². The summed E-state index contributed by atoms with van der Waals surface area (Å²) in [4.78, 5) is 15.1. The van der Waals surface area contributed by atoms with Crippen molar-refractivity contribution in [3.8, 4) is 0 Å². The highest BCUT2D eigenvalue weighted by Crippen LogP contribution is 2.24. The van der Waals surface area contributed by atoms with Crippen molar-refractivity contribution in [1.29, 1.82) is 0 Å². The number of hydrogen-bond donors (Lipinski definition) is 1. The molecular formula is C22H22N4O2. The van der Waals surface area contributed by atoms with Gasteiger partial charge in [-0.25, -0.2) is 0 Å². The summed E-state index contributed by atoms with van der Waals surface area (Å²) in [5, 5.41) is 14.2. The third-order valence-corrected chi connectivity index (χ3v) is 5.00. The molecule has 3 aromatic rings. The van der Waals surface area contributed by atoms with Crippen LogP contribution in [0.15, 0.2) is 78.9 Å². The molecular weight excluding hydrogens is 352 g/mol. The number of benzene rings is 3. The van der Waals surface area contributed by atoms with Crippen LogP contribution in [-0.2, 0) is 0 Å². The van der Waals surface area contributed by atoms with Crippen LogP contribution in [0.25, 0.3) is 0 Å². The first-order chi connectivity index (χ1) is 13.7. The highest BCUT2D eigenvalue weighted by Gasteiger charge is 2.18. The minimum absolute atomic E-state index is 0.131. The lowest BCUT2D eigenvalue weighted by molar-refractivity contribution is -0.384. The Balaban J connectivity index is 1.35. The molecule has 142 valence electrons. The SMILES string of the molecule is O=[N+]([O-])c1ccc(N2CCN(c3ccc(Nc4ccccc4)cc3)CC2)cc1. The second-order valence-corrected chi connectivity index (χ2v) is 6.79. The van der Waals surface area contributed by atoms with Crippen molar-refractivity contribution in [1.82, 2.24) is 0 Å². The van der Waals surface area contributed by atoms with Gasteiger partial charge in [0.05, 0.1) is 4.92 Å². The molecule has 1 aliphatic rings. The van der Waals surface area contributed by atoms with E-state index in [0.717, 1.165) is 43.2 Å². The second-order valence-electron chi connectivity index (χ2n) is 6.79. The summed E-state index contributed by atoms with van der Waals surface area (Å²) in [6.45, 7) is 3.62. The maximum Gasteiger partial charge on any atom is 0.269 e. The average molecular weight is 374 g/mol. The summed E-state index contributed by atoms with van der Waals surface area (Å²) in [7, 11) is 0. The van der Waals surface area contributed by atoms with Crippen molar-refractivity contribution in [3.63, 3.8) is 0 Å². The van der Waals surface area contributed by atoms with Gasteiger partial charge >= 0.3 is 0 Å². The summed E-state index contributed by atoms with van der Waals surface area (Å²) in [6.07, 6.45) is 0. The standard InChI is InChI=1S/C22H22N4O2/c27-26(28)22-12-10-21(11-13-22)25-16-14-24(15-17-25)20-8-6-19(7-9-20)23-18-4-2-1-3-5-18/h1-13,23H,14-17H2. The predicted molar refractivity (Wildman–Crippen MR) is 114 cm³/mol. The Labute approximate surface area is 164 Å². The van der Waals surface area contributed by atoms with Crippen LogP contribution in [0.2, 0.25) is 0 Å². The first-order valence-electron chi connectivity index (χ1n) is 9.35. The minimum atomic E-state index is -0.363. The molecule has 1 heterocycles. The van der Waals surface area contributed by atoms with Crippen LogP contribution in [-0.4, -0.2) is 31.1 Å². The predicted octanol–water partition coefficient (Wildman–Crippen LogP) is 4.67. The Bertz CT molecular complexity index is 919. The summed E-state index contributed by atoms with van der Waals surface area (Å²) < 4.78 is 0. The van der Waals surface area contributed by atoms with Gasteiger partial charge in [-0.05, 0) is 48.5 Å². The van der Waals surface area contributed by atoms with Gasteiger partial charge in [0.25, 0.3) is 5.69 Å². The number of nitro benzene ring substituents is 1. The fourth-order valence-corrected chi connectivity index (χ4v) is 3.45. The number of nitrogens with zero attached hydrogens (tertiary/aromatic N) is 3. The lowest BCUT2D eigenvalue weighted by atomic mass is 10.2. The summed E-state index contributed by atoms with van der Waals surface area (Å²) >= 11 is 0. The number of rotatable bonds is 5. The summed E-state index contributed by atoms with van der Waals surface area (Å²) in [5.74, 6) is 0. The Kier molecular flexibility index (Phi) is 5.10. The topological polar surface area (TPSA) is 61.7 Å². The average Bonchev–Trinajstić information content (AvgIpc) is 2.75. The van der Waals surface area contributed by atoms with E-state index in [-0.39, 0.29) is 10.6 Å². The molecule has 0 radical (unpaired) electrons. The fourth-order valence-electron chi connectivity index (χ4n) is 3.45. The van der Waals surface area contributed by atoms with Crippen LogP contribution in [0.5, 0.6) is 0 Å². The van der Waals surface area contributed by atoms with Gasteiger partial charge in [-0.1, -0.05) is 18.2 Å². The third kappa shape index (κ3) is 4.06. The highest BCUT2D eigenvalue weighted by atomic mass is 16.6. The van der Waals surface area contributed by atoms with Crippen LogP contribution >= 0.6 is 0 Å². The number of non-ortho nitro benzene ring substituents is 1. The number of nitrogens with one attached hydrogen (secondary N) is 1. The molecule has 0 atom stereocenters. The number of piperazine rings is 1. The van der Waals surface area contributed by atoms with Crippen molar-refractivity contribution in [3.05, 3.63) is 89.0 Å². The maximum absolute atomic E-state index is 10.8. The minimum Gasteiger partial charge on any atom is -0.368 e. The Morgan fingerprint density at radius 1 is 0.679 bits per heavy atom. The number of anilines is 4. The van der Waals surface area contributed by atoms with Gasteiger partial charge in [0.1, 0.15) is 0 Å². The van der Waals surface area contributed by atoms with E-state index < -0.39 is 0 Å². The molecule has 6 nitrogen and oxygen atoms in total. The first kappa shape index (κ1) is 17.9. The molecule has 0 unspecified atom stereocenters. The van der Waals surface area contributed by atoms with Gasteiger partial charge in [0.15, 0.2) is 0 Å². The zero-order valence-electron chi connectivity index (χ0n) is 15.5. The second kappa shape index (κ2) is 8.00. The molecule has 3 aromatic carbocycles. The quantitative estimate of drug-likeness (QED) is 0.520. The van der Waals surface area contributed by atoms with Gasteiger partial charge < -0.3 is 15.1 Å². The molecule has 1 saturated heterocycles. The van der Waals surface area contributed by atoms with Gasteiger partial charge in [0, 0.05) is 61.1 Å². The Morgan fingerprint density at radius 2 is 1.14 bits per heavy atom. The Hall–Kier alpha value is -3.54. The smallest absolute Gasteiger partial charge is 0.269 e. The maximum atomic E-state index is 10.8. The number of nitro groups is 1. The first-order valence-corrected chi connectivity index (χ1v) is 9.35. The van der Waals surface area contributed by atoms with Gasteiger partial charge in [-0.15, -0.1) is 0 Å². The Morgan fingerprint density at radius 3 is 1.64 bits per heavy atom. The molecule has 0 spiro atoms. The van der Waals surface area contributed by atoms with Crippen LogP contribution < -0.4 is 15.1 Å². The van der Waals surface area contributed by atoms with Crippen molar-refractivity contribution >= 4 is 28.4 Å². The molecule has 0 aromatic heterocycles. The summed E-state index contributed by atoms with van der Waals surface area (Å²) in [5.41, 5.74) is 4.52. The van der Waals surface area contributed by atoms with Crippen LogP contribution in [0.3, 0.4) is 0 Å². The zero-order chi connectivity index (χ0) is 19.3. The molecule has 0 saturated carbocycles. The van der Waals surface area contributed by atoms with E-state index in [1.54, 1.807) is 12.1 Å². The van der Waals surface area contributed by atoms with Crippen LogP contribution in [0.4, 0.5) is 28.4 Å². The molecule has 1 N–H and O–H groups in total. The van der Waals surface area contributed by atoms with E-state index in [1.165, 1.54) is 5.69 Å². The molecule has 6 heteroatoms. The van der Waals surface area contributed by atoms with Crippen molar-refractivity contribution in [2.45, 2.75) is 0 Å². The number of para-hydroxylation sites is 1. The molecule has 0 bridgehead atoms.